The Morgan fingerprint density at radius 3 is 0.810 bits per heavy atom. The molecule has 2 unspecified atom stereocenters. The van der Waals surface area contributed by atoms with E-state index in [1.54, 1.807) is 0 Å². The summed E-state index contributed by atoms with van der Waals surface area (Å²) >= 11 is 0. The number of phosphoric acid groups is 2. The Morgan fingerprint density at radius 2 is 0.500 bits per heavy atom. The van der Waals surface area contributed by atoms with Crippen LogP contribution in [0.25, 0.3) is 0 Å². The highest BCUT2D eigenvalue weighted by Crippen LogP contribution is 2.45. The van der Waals surface area contributed by atoms with Gasteiger partial charge in [0, 0.05) is 25.7 Å². The van der Waals surface area contributed by atoms with Crippen LogP contribution in [0.5, 0.6) is 0 Å². The molecular weight excluding hydrogens is 1310 g/mol. The molecule has 0 radical (unpaired) electrons. The predicted molar refractivity (Wildman–Crippen MR) is 409 cm³/mol. The van der Waals surface area contributed by atoms with Gasteiger partial charge >= 0.3 is 39.5 Å². The molecule has 5 atom stereocenters. The fraction of sp³-hybridized carbons (Fsp3) is 0.802. The third-order valence-electron chi connectivity index (χ3n) is 17.2. The number of carbonyl (C=O) groups is 4. The average molecular weight is 1450 g/mol. The molecule has 0 amide bonds. The molecular formula is C81H146O17P2. The van der Waals surface area contributed by atoms with E-state index >= 15 is 0 Å². The number of ether oxygens (including phenoxy) is 4. The maximum atomic E-state index is 13.1. The maximum Gasteiger partial charge on any atom is 0.472 e. The summed E-state index contributed by atoms with van der Waals surface area (Å²) in [5, 5.41) is 10.6. The number of rotatable bonds is 76. The minimum atomic E-state index is -4.99. The van der Waals surface area contributed by atoms with Crippen molar-refractivity contribution >= 4 is 39.5 Å². The molecule has 0 saturated heterocycles. The summed E-state index contributed by atoms with van der Waals surface area (Å²) in [5.41, 5.74) is 0. The minimum absolute atomic E-state index is 0.0231. The number of allylic oxidation sites excluding steroid dienone is 12. The van der Waals surface area contributed by atoms with Crippen LogP contribution in [-0.4, -0.2) is 96.7 Å². The number of hydrogen-bond acceptors (Lipinski definition) is 15. The van der Waals surface area contributed by atoms with Gasteiger partial charge in [0.1, 0.15) is 19.3 Å². The van der Waals surface area contributed by atoms with Crippen molar-refractivity contribution in [2.24, 2.45) is 0 Å². The number of aliphatic hydroxyl groups is 1. The summed E-state index contributed by atoms with van der Waals surface area (Å²) < 4.78 is 68.5. The van der Waals surface area contributed by atoms with Gasteiger partial charge in [-0.2, -0.15) is 0 Å². The lowest BCUT2D eigenvalue weighted by molar-refractivity contribution is -0.161. The molecule has 0 aliphatic heterocycles. The molecule has 17 nitrogen and oxygen atoms in total. The summed E-state index contributed by atoms with van der Waals surface area (Å²) in [6, 6.07) is 0. The Hall–Kier alpha value is -3.50. The number of aliphatic hydroxyl groups excluding tert-OH is 1. The van der Waals surface area contributed by atoms with Crippen LogP contribution in [0.3, 0.4) is 0 Å². The maximum absolute atomic E-state index is 13.1. The summed E-state index contributed by atoms with van der Waals surface area (Å²) in [4.78, 5) is 72.9. The fourth-order valence-electron chi connectivity index (χ4n) is 11.0. The highest BCUT2D eigenvalue weighted by atomic mass is 31.2. The molecule has 19 heteroatoms. The zero-order chi connectivity index (χ0) is 73.2. The van der Waals surface area contributed by atoms with Gasteiger partial charge in [0.25, 0.3) is 0 Å². The van der Waals surface area contributed by atoms with E-state index in [0.717, 1.165) is 109 Å². The zero-order valence-electron chi connectivity index (χ0n) is 63.6. The summed E-state index contributed by atoms with van der Waals surface area (Å²) in [6.07, 6.45) is 74.5. The van der Waals surface area contributed by atoms with E-state index in [4.69, 9.17) is 37.0 Å². The lowest BCUT2D eigenvalue weighted by Crippen LogP contribution is -2.30. The lowest BCUT2D eigenvalue weighted by Gasteiger charge is -2.21. The highest BCUT2D eigenvalue weighted by Gasteiger charge is 2.30. The molecule has 0 saturated carbocycles. The number of carbonyl (C=O) groups excluding carboxylic acids is 4. The third kappa shape index (κ3) is 72.8. The smallest absolute Gasteiger partial charge is 0.462 e. The van der Waals surface area contributed by atoms with Gasteiger partial charge in [-0.1, -0.05) is 312 Å². The molecule has 0 aliphatic carbocycles. The Labute approximate surface area is 609 Å². The summed E-state index contributed by atoms with van der Waals surface area (Å²) in [7, 11) is -9.96. The van der Waals surface area contributed by atoms with Gasteiger partial charge in [-0.15, -0.1) is 0 Å². The summed E-state index contributed by atoms with van der Waals surface area (Å²) in [5.74, 6) is -2.22. The molecule has 0 aromatic heterocycles. The van der Waals surface area contributed by atoms with Gasteiger partial charge < -0.3 is 33.8 Å². The molecule has 0 fully saturated rings. The molecule has 582 valence electrons. The van der Waals surface area contributed by atoms with Crippen molar-refractivity contribution in [3.05, 3.63) is 72.9 Å². The molecule has 0 aromatic rings. The molecule has 0 spiro atoms. The second-order valence-corrected chi connectivity index (χ2v) is 29.9. The molecule has 3 N–H and O–H groups in total. The standard InChI is InChI=1S/C81H146O17P2/c1-5-9-13-17-21-25-29-33-36-37-40-44-48-52-56-60-64-68-81(86)98-77(72-92-79(84)66-62-58-54-50-46-42-38-34-30-26-22-18-14-10-6-2)74-96-100(89,90)94-70-75(82)69-93-99(87,88)95-73-76(71-91-78(83)65-61-57-53-49-45-41-32-28-24-20-16-12-8-4)97-80(85)67-63-59-55-51-47-43-39-35-31-27-23-19-15-11-7-3/h21,23,25,27,33,35-36,39-40,44,52,56,75-77,82H,5-20,22,24,26,28-32,34,37-38,41-43,45-51,53-55,57-74H2,1-4H3,(H,87,88)(H,89,90)/b25-21-,27-23-,36-33-,39-35-,44-40-,56-52-/t75-,76-,77-/m1/s1. The Morgan fingerprint density at radius 1 is 0.280 bits per heavy atom. The zero-order valence-corrected chi connectivity index (χ0v) is 65.4. The van der Waals surface area contributed by atoms with Crippen molar-refractivity contribution in [2.75, 3.05) is 39.6 Å². The van der Waals surface area contributed by atoms with E-state index in [0.29, 0.717) is 32.1 Å². The van der Waals surface area contributed by atoms with Gasteiger partial charge in [0.2, 0.25) is 0 Å². The van der Waals surface area contributed by atoms with Gasteiger partial charge in [-0.3, -0.25) is 37.3 Å². The average Bonchev–Trinajstić information content (AvgIpc) is 1.22. The Bertz CT molecular complexity index is 2180. The third-order valence-corrected chi connectivity index (χ3v) is 19.1. The van der Waals surface area contributed by atoms with E-state index in [-0.39, 0.29) is 25.7 Å². The fourth-order valence-corrected chi connectivity index (χ4v) is 12.6. The van der Waals surface area contributed by atoms with E-state index in [1.807, 2.05) is 12.2 Å². The van der Waals surface area contributed by atoms with Crippen LogP contribution >= 0.6 is 15.6 Å². The van der Waals surface area contributed by atoms with Crippen LogP contribution in [-0.2, 0) is 65.4 Å². The number of esters is 4. The quantitative estimate of drug-likeness (QED) is 0.0169. The van der Waals surface area contributed by atoms with E-state index in [1.165, 1.54) is 167 Å². The predicted octanol–water partition coefficient (Wildman–Crippen LogP) is 23.2. The first-order chi connectivity index (χ1) is 48.7. The molecule has 0 aliphatic rings. The second kappa shape index (κ2) is 73.8. The van der Waals surface area contributed by atoms with Crippen molar-refractivity contribution in [3.8, 4) is 0 Å². The monoisotopic (exact) mass is 1450 g/mol. The van der Waals surface area contributed by atoms with Crippen LogP contribution in [0.1, 0.15) is 362 Å². The van der Waals surface area contributed by atoms with Gasteiger partial charge in [-0.25, -0.2) is 9.13 Å². The van der Waals surface area contributed by atoms with E-state index in [9.17, 15) is 43.2 Å². The SMILES string of the molecule is CCCCC/C=C\C/C=C\C/C=C\C/C=C\CCCC(=O)O[C@H](COC(=O)CCCCCCCCCCCCCCCCC)COP(=O)(O)OC[C@H](O)COP(=O)(O)OC[C@@H](COC(=O)CCCCCCCCCCCCCCC)OC(=O)CCCCCCC/C=C\C/C=C\CCCCC. The van der Waals surface area contributed by atoms with Crippen LogP contribution in [0.2, 0.25) is 0 Å². The first-order valence-electron chi connectivity index (χ1n) is 40.2. The topological polar surface area (TPSA) is 237 Å². The normalized spacial score (nSPS) is 14.3. The lowest BCUT2D eigenvalue weighted by atomic mass is 10.0. The van der Waals surface area contributed by atoms with Crippen LogP contribution in [0.15, 0.2) is 72.9 Å². The molecule has 0 heterocycles. The van der Waals surface area contributed by atoms with Crippen LogP contribution in [0, 0.1) is 0 Å². The molecule has 0 bridgehead atoms. The van der Waals surface area contributed by atoms with E-state index in [2.05, 4.69) is 88.5 Å². The van der Waals surface area contributed by atoms with Gasteiger partial charge in [0.05, 0.1) is 26.4 Å². The minimum Gasteiger partial charge on any atom is -0.462 e. The van der Waals surface area contributed by atoms with Crippen molar-refractivity contribution in [3.63, 3.8) is 0 Å². The van der Waals surface area contributed by atoms with Gasteiger partial charge in [-0.05, 0) is 96.3 Å². The van der Waals surface area contributed by atoms with Gasteiger partial charge in [0.15, 0.2) is 12.2 Å². The number of phosphoric ester groups is 2. The molecule has 0 rings (SSSR count). The summed E-state index contributed by atoms with van der Waals surface area (Å²) in [6.45, 7) is 4.81. The largest absolute Gasteiger partial charge is 0.472 e. The first kappa shape index (κ1) is 96.5. The first-order valence-corrected chi connectivity index (χ1v) is 43.2. The van der Waals surface area contributed by atoms with E-state index < -0.39 is 97.5 Å². The van der Waals surface area contributed by atoms with Crippen molar-refractivity contribution in [1.29, 1.82) is 0 Å². The second-order valence-electron chi connectivity index (χ2n) is 27.0. The van der Waals surface area contributed by atoms with Crippen molar-refractivity contribution in [1.82, 2.24) is 0 Å². The van der Waals surface area contributed by atoms with Crippen LogP contribution < -0.4 is 0 Å². The van der Waals surface area contributed by atoms with Crippen LogP contribution in [0.4, 0.5) is 0 Å². The molecule has 100 heavy (non-hydrogen) atoms. The molecule has 0 aromatic carbocycles. The highest BCUT2D eigenvalue weighted by molar-refractivity contribution is 7.47. The Balaban J connectivity index is 5.39. The number of hydrogen-bond donors (Lipinski definition) is 3. The Kier molecular flexibility index (Phi) is 71.2. The number of unbranched alkanes of at least 4 members (excludes halogenated alkanes) is 38. The van der Waals surface area contributed by atoms with Crippen molar-refractivity contribution < 1.29 is 80.2 Å². The van der Waals surface area contributed by atoms with Crippen molar-refractivity contribution in [2.45, 2.75) is 380 Å².